The number of nitrogens with one attached hydrogen (secondary N) is 2. The number of hydrogen-bond donors (Lipinski definition) is 2. The molecular formula is C25H22F3N3O3. The van der Waals surface area contributed by atoms with Gasteiger partial charge in [-0.1, -0.05) is 17.3 Å². The third kappa shape index (κ3) is 4.13. The van der Waals surface area contributed by atoms with Gasteiger partial charge in [-0.2, -0.15) is 13.2 Å². The van der Waals surface area contributed by atoms with Crippen molar-refractivity contribution in [1.29, 1.82) is 0 Å². The third-order valence-corrected chi connectivity index (χ3v) is 6.27. The number of nitrogens with zero attached hydrogens (tertiary/aromatic N) is 1. The lowest BCUT2D eigenvalue weighted by molar-refractivity contribution is -0.137. The van der Waals surface area contributed by atoms with Crippen molar-refractivity contribution < 1.29 is 27.2 Å². The zero-order valence-corrected chi connectivity index (χ0v) is 18.5. The normalized spacial score (nSPS) is 18.0. The molecule has 1 aliphatic carbocycles. The summed E-state index contributed by atoms with van der Waals surface area (Å²) >= 11 is 0. The Balaban J connectivity index is 1.25. The highest BCUT2D eigenvalue weighted by Gasteiger charge is 2.34. The van der Waals surface area contributed by atoms with Crippen LogP contribution in [0.4, 0.5) is 18.9 Å². The average molecular weight is 469 g/mol. The summed E-state index contributed by atoms with van der Waals surface area (Å²) in [6.07, 6.45) is -1.18. The second-order valence-electron chi connectivity index (χ2n) is 8.59. The quantitative estimate of drug-likeness (QED) is 0.356. The number of aromatic nitrogens is 2. The van der Waals surface area contributed by atoms with Crippen molar-refractivity contribution in [2.24, 2.45) is 0 Å². The largest absolute Gasteiger partial charge is 0.490 e. The summed E-state index contributed by atoms with van der Waals surface area (Å²) in [5.41, 5.74) is 2.63. The molecule has 34 heavy (non-hydrogen) atoms. The molecule has 0 aliphatic heterocycles. The number of anilines is 1. The number of ether oxygens (including phenoxy) is 1. The van der Waals surface area contributed by atoms with Crippen LogP contribution in [0.1, 0.15) is 51.7 Å². The molecule has 9 heteroatoms. The predicted octanol–water partition coefficient (Wildman–Crippen LogP) is 6.37. The maximum atomic E-state index is 12.8. The fraction of sp³-hybridized carbons (Fsp3) is 0.280. The smallest absolute Gasteiger partial charge is 0.416 e. The van der Waals surface area contributed by atoms with Gasteiger partial charge in [-0.15, -0.1) is 0 Å². The number of amides is 1. The van der Waals surface area contributed by atoms with Crippen LogP contribution in [0.3, 0.4) is 0 Å². The van der Waals surface area contributed by atoms with E-state index in [9.17, 15) is 18.0 Å². The van der Waals surface area contributed by atoms with Gasteiger partial charge in [-0.05, 0) is 68.5 Å². The summed E-state index contributed by atoms with van der Waals surface area (Å²) in [5, 5.41) is 7.52. The third-order valence-electron chi connectivity index (χ3n) is 6.27. The lowest BCUT2D eigenvalue weighted by atomic mass is 9.77. The number of rotatable bonds is 5. The Hall–Kier alpha value is -3.75. The van der Waals surface area contributed by atoms with Crippen LogP contribution in [0, 0.1) is 13.8 Å². The first-order valence-electron chi connectivity index (χ1n) is 10.9. The molecule has 4 aromatic rings. The molecule has 1 saturated carbocycles. The number of aryl methyl sites for hydroxylation is 2. The summed E-state index contributed by atoms with van der Waals surface area (Å²) in [6.45, 7) is 3.40. The first kappa shape index (κ1) is 22.1. The van der Waals surface area contributed by atoms with Crippen LogP contribution in [0.25, 0.3) is 10.9 Å². The molecule has 0 spiro atoms. The highest BCUT2D eigenvalue weighted by atomic mass is 19.4. The Morgan fingerprint density at radius 2 is 1.88 bits per heavy atom. The molecule has 1 fully saturated rings. The highest BCUT2D eigenvalue weighted by Crippen LogP contribution is 2.41. The molecule has 0 bridgehead atoms. The molecule has 0 saturated heterocycles. The Morgan fingerprint density at radius 1 is 1.15 bits per heavy atom. The zero-order valence-electron chi connectivity index (χ0n) is 18.5. The minimum Gasteiger partial charge on any atom is -0.490 e. The van der Waals surface area contributed by atoms with Crippen molar-refractivity contribution in [1.82, 2.24) is 10.1 Å². The number of aromatic amines is 1. The van der Waals surface area contributed by atoms with E-state index in [0.717, 1.165) is 41.4 Å². The van der Waals surface area contributed by atoms with Gasteiger partial charge < -0.3 is 19.6 Å². The fourth-order valence-corrected chi connectivity index (χ4v) is 4.34. The van der Waals surface area contributed by atoms with E-state index in [1.165, 1.54) is 0 Å². The Morgan fingerprint density at radius 3 is 2.53 bits per heavy atom. The molecule has 0 atom stereocenters. The maximum absolute atomic E-state index is 12.8. The van der Waals surface area contributed by atoms with E-state index in [-0.39, 0.29) is 17.9 Å². The number of hydrogen-bond acceptors (Lipinski definition) is 4. The van der Waals surface area contributed by atoms with Gasteiger partial charge in [0.15, 0.2) is 0 Å². The van der Waals surface area contributed by atoms with E-state index in [2.05, 4.69) is 15.5 Å². The van der Waals surface area contributed by atoms with Gasteiger partial charge in [-0.25, -0.2) is 0 Å². The number of benzene rings is 2. The molecular weight excluding hydrogens is 447 g/mol. The number of H-pyrrole nitrogens is 1. The van der Waals surface area contributed by atoms with Gasteiger partial charge in [0.1, 0.15) is 17.1 Å². The standard InChI is InChI=1S/C25H22F3N3O3/c1-13-23(14(2)34-31-13)24(32)30-22-12-29-21-8-7-18(11-20(21)22)33-19-9-16(10-19)15-3-5-17(6-4-15)25(26,27)28/h3-8,11-12,16,19,29H,9-10H2,1-2H3,(H,30,32)/t16-,19-. The Bertz CT molecular complexity index is 1330. The fourth-order valence-electron chi connectivity index (χ4n) is 4.34. The van der Waals surface area contributed by atoms with Crippen molar-refractivity contribution in [3.8, 4) is 5.75 Å². The molecule has 2 aromatic carbocycles. The van der Waals surface area contributed by atoms with E-state index >= 15 is 0 Å². The second-order valence-corrected chi connectivity index (χ2v) is 8.59. The van der Waals surface area contributed by atoms with E-state index in [0.29, 0.717) is 28.5 Å². The molecule has 1 aliphatic rings. The summed E-state index contributed by atoms with van der Waals surface area (Å²) in [6, 6.07) is 10.9. The van der Waals surface area contributed by atoms with Crippen LogP contribution in [0.15, 0.2) is 53.2 Å². The molecule has 5 rings (SSSR count). The SMILES string of the molecule is Cc1noc(C)c1C(=O)Nc1c[nH]c2ccc(O[C@H]3C[C@H](c4ccc(C(F)(F)F)cc4)C3)cc12. The van der Waals surface area contributed by atoms with Crippen LogP contribution >= 0.6 is 0 Å². The first-order chi connectivity index (χ1) is 16.2. The number of fused-ring (bicyclic) bond motifs is 1. The van der Waals surface area contributed by atoms with Crippen molar-refractivity contribution in [2.45, 2.75) is 44.9 Å². The molecule has 0 radical (unpaired) electrons. The van der Waals surface area contributed by atoms with E-state index in [1.54, 1.807) is 32.2 Å². The summed E-state index contributed by atoms with van der Waals surface area (Å²) in [4.78, 5) is 15.8. The average Bonchev–Trinajstić information content (AvgIpc) is 3.32. The number of carbonyl (C=O) groups excluding carboxylic acids is 1. The van der Waals surface area contributed by atoms with Crippen LogP contribution < -0.4 is 10.1 Å². The van der Waals surface area contributed by atoms with E-state index < -0.39 is 11.7 Å². The van der Waals surface area contributed by atoms with Gasteiger partial charge in [-0.3, -0.25) is 4.79 Å². The van der Waals surface area contributed by atoms with Crippen LogP contribution in [-0.2, 0) is 6.18 Å². The molecule has 2 heterocycles. The number of alkyl halides is 3. The van der Waals surface area contributed by atoms with Gasteiger partial charge in [0.05, 0.1) is 23.0 Å². The first-order valence-corrected chi connectivity index (χ1v) is 10.9. The molecule has 176 valence electrons. The molecule has 1 amide bonds. The van der Waals surface area contributed by atoms with Crippen molar-refractivity contribution in [3.05, 3.63) is 76.8 Å². The van der Waals surface area contributed by atoms with E-state index in [1.807, 2.05) is 18.2 Å². The van der Waals surface area contributed by atoms with Crippen molar-refractivity contribution in [2.75, 3.05) is 5.32 Å². The lowest BCUT2D eigenvalue weighted by Gasteiger charge is -2.35. The highest BCUT2D eigenvalue weighted by molar-refractivity contribution is 6.10. The van der Waals surface area contributed by atoms with Gasteiger partial charge >= 0.3 is 6.18 Å². The number of halogens is 3. The predicted molar refractivity (Wildman–Crippen MR) is 120 cm³/mol. The summed E-state index contributed by atoms with van der Waals surface area (Å²) in [7, 11) is 0. The van der Waals surface area contributed by atoms with Crippen molar-refractivity contribution >= 4 is 22.5 Å². The van der Waals surface area contributed by atoms with Crippen molar-refractivity contribution in [3.63, 3.8) is 0 Å². The zero-order chi connectivity index (χ0) is 24.0. The second kappa shape index (κ2) is 8.23. The lowest BCUT2D eigenvalue weighted by Crippen LogP contribution is -2.32. The van der Waals surface area contributed by atoms with Crippen LogP contribution in [0.5, 0.6) is 5.75 Å². The minimum atomic E-state index is -4.33. The molecule has 2 N–H and O–H groups in total. The van der Waals surface area contributed by atoms with Crippen LogP contribution in [0.2, 0.25) is 0 Å². The minimum absolute atomic E-state index is 0.0240. The Kier molecular flexibility index (Phi) is 5.34. The van der Waals surface area contributed by atoms with Gasteiger partial charge in [0, 0.05) is 17.1 Å². The monoisotopic (exact) mass is 469 g/mol. The topological polar surface area (TPSA) is 80.2 Å². The summed E-state index contributed by atoms with van der Waals surface area (Å²) < 4.78 is 49.5. The summed E-state index contributed by atoms with van der Waals surface area (Å²) in [5.74, 6) is 0.984. The molecule has 2 aromatic heterocycles. The molecule has 6 nitrogen and oxygen atoms in total. The maximum Gasteiger partial charge on any atom is 0.416 e. The molecule has 0 unspecified atom stereocenters. The Labute approximate surface area is 193 Å². The van der Waals surface area contributed by atoms with Crippen LogP contribution in [-0.4, -0.2) is 22.2 Å². The van der Waals surface area contributed by atoms with Gasteiger partial charge in [0.2, 0.25) is 0 Å². The number of carbonyl (C=O) groups is 1. The van der Waals surface area contributed by atoms with Gasteiger partial charge in [0.25, 0.3) is 5.91 Å². The van der Waals surface area contributed by atoms with E-state index in [4.69, 9.17) is 9.26 Å².